The van der Waals surface area contributed by atoms with E-state index < -0.39 is 0 Å². The van der Waals surface area contributed by atoms with Gasteiger partial charge in [0, 0.05) is 11.3 Å². The van der Waals surface area contributed by atoms with Gasteiger partial charge in [0.25, 0.3) is 5.91 Å². The van der Waals surface area contributed by atoms with Crippen LogP contribution in [-0.2, 0) is 6.61 Å². The highest BCUT2D eigenvalue weighted by atomic mass is 16.5. The van der Waals surface area contributed by atoms with Gasteiger partial charge in [-0.1, -0.05) is 50.8 Å². The highest BCUT2D eigenvalue weighted by Crippen LogP contribution is 2.12. The lowest BCUT2D eigenvalue weighted by atomic mass is 10.1. The van der Waals surface area contributed by atoms with Crippen LogP contribution in [0, 0.1) is 5.92 Å². The molecule has 0 fully saturated rings. The van der Waals surface area contributed by atoms with Gasteiger partial charge in [-0.3, -0.25) is 10.2 Å². The van der Waals surface area contributed by atoms with Crippen molar-refractivity contribution in [2.75, 3.05) is 0 Å². The zero-order chi connectivity index (χ0) is 17.4. The molecule has 126 valence electrons. The predicted octanol–water partition coefficient (Wildman–Crippen LogP) is 4.06. The van der Waals surface area contributed by atoms with E-state index >= 15 is 0 Å². The van der Waals surface area contributed by atoms with Crippen molar-refractivity contribution in [3.8, 4) is 5.75 Å². The second-order valence-corrected chi connectivity index (χ2v) is 5.71. The third-order valence-corrected chi connectivity index (χ3v) is 3.91. The molecule has 0 saturated carbocycles. The number of rotatable bonds is 8. The summed E-state index contributed by atoms with van der Waals surface area (Å²) in [5.74, 6) is 0.949. The van der Waals surface area contributed by atoms with Crippen LogP contribution in [0.5, 0.6) is 5.75 Å². The van der Waals surface area contributed by atoms with Crippen LogP contribution in [0.1, 0.15) is 36.2 Å². The van der Waals surface area contributed by atoms with Crippen LogP contribution in [0.25, 0.3) is 0 Å². The maximum atomic E-state index is 12.1. The van der Waals surface area contributed by atoms with Gasteiger partial charge in [0.1, 0.15) is 12.4 Å². The highest BCUT2D eigenvalue weighted by molar-refractivity contribution is 5.93. The molecule has 0 saturated heterocycles. The Hall–Kier alpha value is -2.75. The van der Waals surface area contributed by atoms with E-state index in [0.29, 0.717) is 18.1 Å². The SMILES string of the molecule is C=C(NNC(=O)c1ccc(COc2ccccc2)cc1)[C@H](C)CC. The molecule has 0 aliphatic rings. The number of nitrogens with one attached hydrogen (secondary N) is 2. The molecular formula is C20H24N2O2. The van der Waals surface area contributed by atoms with E-state index in [1.807, 2.05) is 42.5 Å². The van der Waals surface area contributed by atoms with Gasteiger partial charge in [-0.15, -0.1) is 0 Å². The van der Waals surface area contributed by atoms with Crippen LogP contribution in [0.2, 0.25) is 0 Å². The summed E-state index contributed by atoms with van der Waals surface area (Å²) in [6, 6.07) is 17.0. The van der Waals surface area contributed by atoms with E-state index in [0.717, 1.165) is 23.4 Å². The van der Waals surface area contributed by atoms with Gasteiger partial charge >= 0.3 is 0 Å². The molecule has 2 N–H and O–H groups in total. The topological polar surface area (TPSA) is 50.4 Å². The Labute approximate surface area is 143 Å². The van der Waals surface area contributed by atoms with E-state index in [1.54, 1.807) is 12.1 Å². The van der Waals surface area contributed by atoms with E-state index in [9.17, 15) is 4.79 Å². The molecule has 0 heterocycles. The molecule has 0 unspecified atom stereocenters. The zero-order valence-corrected chi connectivity index (χ0v) is 14.2. The third kappa shape index (κ3) is 5.16. The van der Waals surface area contributed by atoms with Crippen molar-refractivity contribution in [3.05, 3.63) is 78.0 Å². The molecule has 4 nitrogen and oxygen atoms in total. The molecule has 0 aliphatic carbocycles. The molecule has 2 aromatic carbocycles. The van der Waals surface area contributed by atoms with Crippen LogP contribution in [0.4, 0.5) is 0 Å². The summed E-state index contributed by atoms with van der Waals surface area (Å²) in [7, 11) is 0. The molecule has 1 atom stereocenters. The quantitative estimate of drug-likeness (QED) is 0.720. The summed E-state index contributed by atoms with van der Waals surface area (Å²) in [6.45, 7) is 8.52. The molecule has 0 bridgehead atoms. The van der Waals surface area contributed by atoms with Crippen LogP contribution in [0.15, 0.2) is 66.9 Å². The van der Waals surface area contributed by atoms with Crippen molar-refractivity contribution in [1.29, 1.82) is 0 Å². The Morgan fingerprint density at radius 2 is 1.75 bits per heavy atom. The summed E-state index contributed by atoms with van der Waals surface area (Å²) in [4.78, 5) is 12.1. The second kappa shape index (κ2) is 8.77. The maximum absolute atomic E-state index is 12.1. The van der Waals surface area contributed by atoms with Gasteiger partial charge < -0.3 is 10.2 Å². The number of carbonyl (C=O) groups excluding carboxylic acids is 1. The smallest absolute Gasteiger partial charge is 0.269 e. The molecule has 4 heteroatoms. The van der Waals surface area contributed by atoms with E-state index in [1.165, 1.54) is 0 Å². The summed E-state index contributed by atoms with van der Waals surface area (Å²) >= 11 is 0. The summed E-state index contributed by atoms with van der Waals surface area (Å²) in [5, 5.41) is 0. The minimum absolute atomic E-state index is 0.185. The molecule has 2 aromatic rings. The first-order valence-corrected chi connectivity index (χ1v) is 8.12. The fraction of sp³-hybridized carbons (Fsp3) is 0.250. The molecule has 2 rings (SSSR count). The lowest BCUT2D eigenvalue weighted by molar-refractivity contribution is 0.0937. The lowest BCUT2D eigenvalue weighted by Crippen LogP contribution is -2.38. The number of amides is 1. The van der Waals surface area contributed by atoms with Crippen LogP contribution in [0.3, 0.4) is 0 Å². The highest BCUT2D eigenvalue weighted by Gasteiger charge is 2.08. The normalized spacial score (nSPS) is 11.4. The summed E-state index contributed by atoms with van der Waals surface area (Å²) in [5.41, 5.74) is 7.94. The van der Waals surface area contributed by atoms with Crippen LogP contribution >= 0.6 is 0 Å². The monoisotopic (exact) mass is 324 g/mol. The summed E-state index contributed by atoms with van der Waals surface area (Å²) in [6.07, 6.45) is 0.970. The molecule has 24 heavy (non-hydrogen) atoms. The Morgan fingerprint density at radius 1 is 1.08 bits per heavy atom. The van der Waals surface area contributed by atoms with Gasteiger partial charge in [-0.05, 0) is 42.2 Å². The predicted molar refractivity (Wildman–Crippen MR) is 96.4 cm³/mol. The van der Waals surface area contributed by atoms with E-state index in [-0.39, 0.29) is 5.91 Å². The van der Waals surface area contributed by atoms with Gasteiger partial charge in [-0.2, -0.15) is 0 Å². The van der Waals surface area contributed by atoms with E-state index in [4.69, 9.17) is 4.74 Å². The maximum Gasteiger partial charge on any atom is 0.269 e. The Bertz CT molecular complexity index is 666. The first-order chi connectivity index (χ1) is 11.6. The van der Waals surface area contributed by atoms with Crippen molar-refractivity contribution < 1.29 is 9.53 Å². The Morgan fingerprint density at radius 3 is 2.38 bits per heavy atom. The number of ether oxygens (including phenoxy) is 1. The van der Waals surface area contributed by atoms with Crippen molar-refractivity contribution in [2.45, 2.75) is 26.9 Å². The minimum atomic E-state index is -0.185. The average molecular weight is 324 g/mol. The number of carbonyl (C=O) groups is 1. The van der Waals surface area contributed by atoms with Crippen molar-refractivity contribution >= 4 is 5.91 Å². The number of para-hydroxylation sites is 1. The largest absolute Gasteiger partial charge is 0.489 e. The van der Waals surface area contributed by atoms with Crippen molar-refractivity contribution in [3.63, 3.8) is 0 Å². The zero-order valence-electron chi connectivity index (χ0n) is 14.2. The summed E-state index contributed by atoms with van der Waals surface area (Å²) < 4.78 is 5.69. The van der Waals surface area contributed by atoms with Gasteiger partial charge in [-0.25, -0.2) is 0 Å². The number of hydrazine groups is 1. The molecule has 1 amide bonds. The lowest BCUT2D eigenvalue weighted by Gasteiger charge is -2.15. The number of hydrogen-bond acceptors (Lipinski definition) is 3. The number of hydrogen-bond donors (Lipinski definition) is 2. The fourth-order valence-corrected chi connectivity index (χ4v) is 2.01. The van der Waals surface area contributed by atoms with Crippen molar-refractivity contribution in [2.24, 2.45) is 5.92 Å². The second-order valence-electron chi connectivity index (χ2n) is 5.71. The third-order valence-electron chi connectivity index (χ3n) is 3.91. The minimum Gasteiger partial charge on any atom is -0.489 e. The standard InChI is InChI=1S/C20H24N2O2/c1-4-15(2)16(3)21-22-20(23)18-12-10-17(11-13-18)14-24-19-8-6-5-7-9-19/h5-13,15,21H,3-4,14H2,1-2H3,(H,22,23)/t15-/m1/s1. The van der Waals surface area contributed by atoms with Gasteiger partial charge in [0.15, 0.2) is 0 Å². The van der Waals surface area contributed by atoms with E-state index in [2.05, 4.69) is 31.3 Å². The number of allylic oxidation sites excluding steroid dienone is 1. The molecule has 0 spiro atoms. The molecule has 0 aliphatic heterocycles. The Balaban J connectivity index is 1.84. The van der Waals surface area contributed by atoms with Gasteiger partial charge in [0.2, 0.25) is 0 Å². The Kier molecular flexibility index (Phi) is 6.43. The van der Waals surface area contributed by atoms with Crippen LogP contribution < -0.4 is 15.6 Å². The first kappa shape index (κ1) is 17.6. The first-order valence-electron chi connectivity index (χ1n) is 8.12. The average Bonchev–Trinajstić information content (AvgIpc) is 2.64. The number of benzene rings is 2. The fourth-order valence-electron chi connectivity index (χ4n) is 2.01. The molecule has 0 radical (unpaired) electrons. The molecule has 0 aromatic heterocycles. The van der Waals surface area contributed by atoms with Crippen molar-refractivity contribution in [1.82, 2.24) is 10.9 Å². The molecular weight excluding hydrogens is 300 g/mol. The van der Waals surface area contributed by atoms with Crippen LogP contribution in [-0.4, -0.2) is 5.91 Å². The van der Waals surface area contributed by atoms with Gasteiger partial charge in [0.05, 0.1) is 0 Å².